The van der Waals surface area contributed by atoms with Crippen LogP contribution in [0.1, 0.15) is 21.5 Å². The molecule has 0 saturated heterocycles. The lowest BCUT2D eigenvalue weighted by Crippen LogP contribution is -2.19. The molecule has 3 rings (SSSR count). The summed E-state index contributed by atoms with van der Waals surface area (Å²) in [7, 11) is 3.97. The van der Waals surface area contributed by atoms with Gasteiger partial charge in [-0.3, -0.25) is 4.79 Å². The van der Waals surface area contributed by atoms with E-state index in [0.717, 1.165) is 22.5 Å². The largest absolute Gasteiger partial charge is 0.378 e. The van der Waals surface area contributed by atoms with Crippen molar-refractivity contribution in [3.63, 3.8) is 0 Å². The van der Waals surface area contributed by atoms with E-state index >= 15 is 0 Å². The first-order chi connectivity index (χ1) is 13.9. The highest BCUT2D eigenvalue weighted by molar-refractivity contribution is 6.31. The van der Waals surface area contributed by atoms with Gasteiger partial charge in [-0.2, -0.15) is 5.10 Å². The molecule has 5 nitrogen and oxygen atoms in total. The van der Waals surface area contributed by atoms with E-state index in [1.54, 1.807) is 24.4 Å². The van der Waals surface area contributed by atoms with Crippen LogP contribution in [0, 0.1) is 6.92 Å². The number of carbonyl (C=O) groups excluding carboxylic acids is 1. The van der Waals surface area contributed by atoms with Crippen LogP contribution >= 0.6 is 11.6 Å². The second-order valence-corrected chi connectivity index (χ2v) is 7.31. The lowest BCUT2D eigenvalue weighted by atomic mass is 10.1. The second-order valence-electron chi connectivity index (χ2n) is 6.87. The number of nitrogens with zero attached hydrogens (tertiary/aromatic N) is 2. The Bertz CT molecular complexity index is 1030. The molecular weight excluding hydrogens is 384 g/mol. The normalized spacial score (nSPS) is 10.8. The highest BCUT2D eigenvalue weighted by atomic mass is 35.5. The van der Waals surface area contributed by atoms with Gasteiger partial charge in [0, 0.05) is 30.5 Å². The van der Waals surface area contributed by atoms with E-state index in [0.29, 0.717) is 16.3 Å². The lowest BCUT2D eigenvalue weighted by molar-refractivity contribution is 0.0956. The van der Waals surface area contributed by atoms with Crippen molar-refractivity contribution in [3.05, 3.63) is 88.4 Å². The summed E-state index contributed by atoms with van der Waals surface area (Å²) in [6, 6.07) is 20.9. The molecule has 1 amide bonds. The Kier molecular flexibility index (Phi) is 6.52. The highest BCUT2D eigenvalue weighted by Gasteiger charge is 2.12. The number of anilines is 3. The lowest BCUT2D eigenvalue weighted by Gasteiger charge is -2.12. The van der Waals surface area contributed by atoms with Crippen LogP contribution in [0.15, 0.2) is 71.8 Å². The first-order valence-corrected chi connectivity index (χ1v) is 9.54. The second kappa shape index (κ2) is 9.26. The van der Waals surface area contributed by atoms with Crippen LogP contribution in [0.4, 0.5) is 17.1 Å². The fraction of sp³-hybridized carbons (Fsp3) is 0.130. The van der Waals surface area contributed by atoms with Gasteiger partial charge < -0.3 is 10.2 Å². The smallest absolute Gasteiger partial charge is 0.273 e. The molecule has 0 aliphatic rings. The predicted octanol–water partition coefficient (Wildman–Crippen LogP) is 5.22. The quantitative estimate of drug-likeness (QED) is 0.435. The minimum atomic E-state index is -0.321. The summed E-state index contributed by atoms with van der Waals surface area (Å²) in [6.07, 6.45) is 1.61. The van der Waals surface area contributed by atoms with Gasteiger partial charge in [0.2, 0.25) is 0 Å². The van der Waals surface area contributed by atoms with Crippen molar-refractivity contribution in [2.24, 2.45) is 5.10 Å². The van der Waals surface area contributed by atoms with Gasteiger partial charge in [0.1, 0.15) is 0 Å². The summed E-state index contributed by atoms with van der Waals surface area (Å²) in [4.78, 5) is 14.7. The maximum absolute atomic E-state index is 12.7. The summed E-state index contributed by atoms with van der Waals surface area (Å²) in [6.45, 7) is 2.01. The topological polar surface area (TPSA) is 56.7 Å². The monoisotopic (exact) mass is 406 g/mol. The Balaban J connectivity index is 1.73. The number of carbonyl (C=O) groups is 1. The standard InChI is InChI=1S/C23H23ClN4O/c1-16-5-4-6-19(13-16)26-22-14-18(24)9-12-21(22)23(29)27-25-15-17-7-10-20(11-8-17)28(2)3/h4-15,26H,1-3H3,(H,27,29)/b25-15+. The maximum Gasteiger partial charge on any atom is 0.273 e. The Labute approximate surface area is 176 Å². The van der Waals surface area contributed by atoms with Gasteiger partial charge in [-0.05, 0) is 60.5 Å². The van der Waals surface area contributed by atoms with E-state index < -0.39 is 0 Å². The third kappa shape index (κ3) is 5.59. The number of hydrogen-bond acceptors (Lipinski definition) is 4. The molecule has 148 valence electrons. The molecule has 2 N–H and O–H groups in total. The number of amides is 1. The molecule has 0 unspecified atom stereocenters. The third-order valence-corrected chi connectivity index (χ3v) is 4.55. The van der Waals surface area contributed by atoms with Gasteiger partial charge in [-0.25, -0.2) is 5.43 Å². The predicted molar refractivity (Wildman–Crippen MR) is 122 cm³/mol. The molecule has 0 atom stereocenters. The first-order valence-electron chi connectivity index (χ1n) is 9.16. The van der Waals surface area contributed by atoms with E-state index in [1.807, 2.05) is 74.4 Å². The summed E-state index contributed by atoms with van der Waals surface area (Å²) < 4.78 is 0. The van der Waals surface area contributed by atoms with Gasteiger partial charge >= 0.3 is 0 Å². The third-order valence-electron chi connectivity index (χ3n) is 4.31. The highest BCUT2D eigenvalue weighted by Crippen LogP contribution is 2.25. The van der Waals surface area contributed by atoms with Crippen LogP contribution in [0.2, 0.25) is 5.02 Å². The number of rotatable bonds is 6. The van der Waals surface area contributed by atoms with Crippen LogP contribution in [-0.4, -0.2) is 26.2 Å². The fourth-order valence-corrected chi connectivity index (χ4v) is 2.95. The Morgan fingerprint density at radius 3 is 2.48 bits per heavy atom. The average molecular weight is 407 g/mol. The molecule has 0 aromatic heterocycles. The van der Waals surface area contributed by atoms with Crippen molar-refractivity contribution in [1.82, 2.24) is 5.43 Å². The SMILES string of the molecule is Cc1cccc(Nc2cc(Cl)ccc2C(=O)N/N=C/c2ccc(N(C)C)cc2)c1. The Morgan fingerprint density at radius 1 is 1.03 bits per heavy atom. The van der Waals surface area contributed by atoms with E-state index in [4.69, 9.17) is 11.6 Å². The van der Waals surface area contributed by atoms with Gasteiger partial charge in [-0.1, -0.05) is 35.9 Å². The summed E-state index contributed by atoms with van der Waals surface area (Å²) >= 11 is 6.13. The van der Waals surface area contributed by atoms with Crippen molar-refractivity contribution in [3.8, 4) is 0 Å². The zero-order chi connectivity index (χ0) is 20.8. The number of nitrogens with one attached hydrogen (secondary N) is 2. The minimum absolute atomic E-state index is 0.321. The van der Waals surface area contributed by atoms with E-state index in [1.165, 1.54) is 0 Å². The van der Waals surface area contributed by atoms with E-state index in [2.05, 4.69) is 15.8 Å². The molecule has 0 radical (unpaired) electrons. The molecule has 0 aliphatic carbocycles. The zero-order valence-corrected chi connectivity index (χ0v) is 17.4. The number of aryl methyl sites for hydroxylation is 1. The maximum atomic E-state index is 12.7. The Morgan fingerprint density at radius 2 is 1.79 bits per heavy atom. The van der Waals surface area contributed by atoms with Gasteiger partial charge in [0.05, 0.1) is 17.5 Å². The van der Waals surface area contributed by atoms with Crippen LogP contribution in [0.3, 0.4) is 0 Å². The van der Waals surface area contributed by atoms with E-state index in [9.17, 15) is 4.79 Å². The molecule has 0 aliphatic heterocycles. The first kappa shape index (κ1) is 20.4. The molecule has 3 aromatic rings. The van der Waals surface area contributed by atoms with Crippen LogP contribution < -0.4 is 15.6 Å². The molecule has 6 heteroatoms. The van der Waals surface area contributed by atoms with E-state index in [-0.39, 0.29) is 5.91 Å². The molecule has 0 bridgehead atoms. The molecule has 0 spiro atoms. The van der Waals surface area contributed by atoms with Gasteiger partial charge in [0.15, 0.2) is 0 Å². The van der Waals surface area contributed by atoms with Gasteiger partial charge in [0.25, 0.3) is 5.91 Å². The minimum Gasteiger partial charge on any atom is -0.378 e. The fourth-order valence-electron chi connectivity index (χ4n) is 2.78. The molecule has 3 aromatic carbocycles. The summed E-state index contributed by atoms with van der Waals surface area (Å²) in [5, 5.41) is 7.88. The van der Waals surface area contributed by atoms with Gasteiger partial charge in [-0.15, -0.1) is 0 Å². The molecule has 29 heavy (non-hydrogen) atoms. The Hall–Kier alpha value is -3.31. The number of halogens is 1. The molecular formula is C23H23ClN4O. The summed E-state index contributed by atoms with van der Waals surface area (Å²) in [5.74, 6) is -0.321. The number of hydrogen-bond donors (Lipinski definition) is 2. The van der Waals surface area contributed by atoms with Crippen molar-refractivity contribution < 1.29 is 4.79 Å². The average Bonchev–Trinajstić information content (AvgIpc) is 2.68. The van der Waals surface area contributed by atoms with Crippen molar-refractivity contribution in [2.75, 3.05) is 24.3 Å². The van der Waals surface area contributed by atoms with Crippen LogP contribution in [0.25, 0.3) is 0 Å². The van der Waals surface area contributed by atoms with Crippen molar-refractivity contribution in [1.29, 1.82) is 0 Å². The van der Waals surface area contributed by atoms with Crippen LogP contribution in [0.5, 0.6) is 0 Å². The molecule has 0 fully saturated rings. The number of hydrazone groups is 1. The van der Waals surface area contributed by atoms with Crippen LogP contribution in [-0.2, 0) is 0 Å². The van der Waals surface area contributed by atoms with Crippen molar-refractivity contribution >= 4 is 40.8 Å². The summed E-state index contributed by atoms with van der Waals surface area (Å²) in [5.41, 5.74) is 7.64. The van der Waals surface area contributed by atoms with Crippen molar-refractivity contribution in [2.45, 2.75) is 6.92 Å². The molecule has 0 heterocycles. The number of benzene rings is 3. The molecule has 0 saturated carbocycles. The zero-order valence-electron chi connectivity index (χ0n) is 16.6.